The molecule has 1 N–H and O–H groups in total. The third-order valence-electron chi connectivity index (χ3n) is 2.63. The number of hydrogen-bond acceptors (Lipinski definition) is 6. The van der Waals surface area contributed by atoms with E-state index in [2.05, 4.69) is 25.2 Å². The lowest BCUT2D eigenvalue weighted by molar-refractivity contribution is -0.00572. The Morgan fingerprint density at radius 1 is 1.28 bits per heavy atom. The summed E-state index contributed by atoms with van der Waals surface area (Å²) in [5.41, 5.74) is 0. The van der Waals surface area contributed by atoms with Crippen molar-refractivity contribution in [2.24, 2.45) is 0 Å². The number of nitrogens with one attached hydrogen (secondary N) is 1. The third kappa shape index (κ3) is 3.20. The summed E-state index contributed by atoms with van der Waals surface area (Å²) in [6, 6.07) is 0. The molecule has 1 aromatic heterocycles. The Morgan fingerprint density at radius 3 is 2.56 bits per heavy atom. The summed E-state index contributed by atoms with van der Waals surface area (Å²) in [6.45, 7) is 8.33. The Morgan fingerprint density at radius 2 is 1.94 bits per heavy atom. The summed E-state index contributed by atoms with van der Waals surface area (Å²) in [4.78, 5) is 14.7. The number of rotatable bonds is 3. The predicted molar refractivity (Wildman–Crippen MR) is 71.2 cm³/mol. The molecule has 0 amide bonds. The van der Waals surface area contributed by atoms with Crippen LogP contribution in [0.15, 0.2) is 0 Å². The number of halogens is 1. The summed E-state index contributed by atoms with van der Waals surface area (Å²) < 4.78 is 5.68. The number of hydrogen-bond donors (Lipinski definition) is 1. The lowest BCUT2D eigenvalue weighted by Gasteiger charge is -2.35. The Hall–Kier alpha value is -1.14. The number of aromatic nitrogens is 3. The normalized spacial score (nSPS) is 24.1. The van der Waals surface area contributed by atoms with Crippen molar-refractivity contribution >= 4 is 23.5 Å². The molecular formula is C11H18ClN5O. The molecule has 0 aliphatic carbocycles. The maximum Gasteiger partial charge on any atom is 0.231 e. The monoisotopic (exact) mass is 271 g/mol. The SMILES string of the molecule is CCNc1nc(Cl)nc(N2CC(C)OC(C)C2)n1. The summed E-state index contributed by atoms with van der Waals surface area (Å²) in [5.74, 6) is 1.12. The van der Waals surface area contributed by atoms with Crippen molar-refractivity contribution in [3.05, 3.63) is 5.28 Å². The Balaban J connectivity index is 2.21. The minimum atomic E-state index is 0.159. The van der Waals surface area contributed by atoms with Gasteiger partial charge >= 0.3 is 0 Å². The first kappa shape index (κ1) is 13.3. The van der Waals surface area contributed by atoms with Crippen LogP contribution >= 0.6 is 11.6 Å². The van der Waals surface area contributed by atoms with Crippen LogP contribution in [-0.4, -0.2) is 46.8 Å². The van der Waals surface area contributed by atoms with Crippen molar-refractivity contribution in [1.82, 2.24) is 15.0 Å². The summed E-state index contributed by atoms with van der Waals surface area (Å²) in [5, 5.41) is 3.26. The molecule has 1 saturated heterocycles. The highest BCUT2D eigenvalue weighted by Gasteiger charge is 2.24. The van der Waals surface area contributed by atoms with Crippen LogP contribution in [0, 0.1) is 0 Å². The van der Waals surface area contributed by atoms with Gasteiger partial charge in [0.25, 0.3) is 0 Å². The zero-order valence-corrected chi connectivity index (χ0v) is 11.6. The van der Waals surface area contributed by atoms with Crippen LogP contribution in [0.4, 0.5) is 11.9 Å². The fraction of sp³-hybridized carbons (Fsp3) is 0.727. The molecule has 0 saturated carbocycles. The summed E-state index contributed by atoms with van der Waals surface area (Å²) in [7, 11) is 0. The van der Waals surface area contributed by atoms with E-state index in [1.54, 1.807) is 0 Å². The van der Waals surface area contributed by atoms with E-state index in [0.29, 0.717) is 11.9 Å². The number of anilines is 2. The quantitative estimate of drug-likeness (QED) is 0.900. The molecule has 1 aromatic rings. The molecule has 1 fully saturated rings. The van der Waals surface area contributed by atoms with Crippen molar-refractivity contribution in [2.45, 2.75) is 33.0 Å². The first-order valence-electron chi connectivity index (χ1n) is 6.14. The average Bonchev–Trinajstić information content (AvgIpc) is 2.27. The van der Waals surface area contributed by atoms with E-state index in [-0.39, 0.29) is 17.5 Å². The molecule has 2 rings (SSSR count). The minimum absolute atomic E-state index is 0.159. The second-order valence-electron chi connectivity index (χ2n) is 4.42. The zero-order chi connectivity index (χ0) is 13.1. The van der Waals surface area contributed by atoms with Gasteiger partial charge in [0.15, 0.2) is 0 Å². The molecule has 0 spiro atoms. The molecule has 0 radical (unpaired) electrons. The van der Waals surface area contributed by atoms with Gasteiger partial charge in [-0.05, 0) is 32.4 Å². The standard InChI is InChI=1S/C11H18ClN5O/c1-4-13-10-14-9(12)15-11(16-10)17-5-7(2)18-8(3)6-17/h7-8H,4-6H2,1-3H3,(H,13,14,15,16). The van der Waals surface area contributed by atoms with Crippen LogP contribution in [-0.2, 0) is 4.74 Å². The molecule has 2 unspecified atom stereocenters. The van der Waals surface area contributed by atoms with Crippen molar-refractivity contribution in [3.63, 3.8) is 0 Å². The van der Waals surface area contributed by atoms with Crippen molar-refractivity contribution in [3.8, 4) is 0 Å². The second-order valence-corrected chi connectivity index (χ2v) is 4.76. The number of ether oxygens (including phenoxy) is 1. The maximum atomic E-state index is 5.92. The summed E-state index contributed by atoms with van der Waals surface area (Å²) in [6.07, 6.45) is 0.318. The van der Waals surface area contributed by atoms with E-state index < -0.39 is 0 Å². The Kier molecular flexibility index (Phi) is 4.19. The topological polar surface area (TPSA) is 63.2 Å². The highest BCUT2D eigenvalue weighted by atomic mass is 35.5. The smallest absolute Gasteiger partial charge is 0.231 e. The molecule has 1 aliphatic rings. The van der Waals surface area contributed by atoms with E-state index in [1.165, 1.54) is 0 Å². The van der Waals surface area contributed by atoms with Gasteiger partial charge in [-0.1, -0.05) is 0 Å². The van der Waals surface area contributed by atoms with E-state index in [4.69, 9.17) is 16.3 Å². The van der Waals surface area contributed by atoms with Gasteiger partial charge in [0.1, 0.15) is 0 Å². The van der Waals surface area contributed by atoms with Gasteiger partial charge in [-0.25, -0.2) is 0 Å². The lowest BCUT2D eigenvalue weighted by Crippen LogP contribution is -2.46. The molecule has 0 bridgehead atoms. The van der Waals surface area contributed by atoms with Gasteiger partial charge < -0.3 is 15.0 Å². The van der Waals surface area contributed by atoms with Crippen LogP contribution in [0.2, 0.25) is 5.28 Å². The highest BCUT2D eigenvalue weighted by Crippen LogP contribution is 2.19. The predicted octanol–water partition coefficient (Wildman–Crippen LogP) is 1.57. The van der Waals surface area contributed by atoms with Gasteiger partial charge in [-0.3, -0.25) is 0 Å². The minimum Gasteiger partial charge on any atom is -0.372 e. The Labute approximate surface area is 112 Å². The maximum absolute atomic E-state index is 5.92. The molecule has 100 valence electrons. The van der Waals surface area contributed by atoms with Gasteiger partial charge in [0.2, 0.25) is 17.2 Å². The molecule has 7 heteroatoms. The van der Waals surface area contributed by atoms with Crippen LogP contribution in [0.3, 0.4) is 0 Å². The molecule has 1 aliphatic heterocycles. The third-order valence-corrected chi connectivity index (χ3v) is 2.80. The first-order chi connectivity index (χ1) is 8.58. The lowest BCUT2D eigenvalue weighted by atomic mass is 10.2. The average molecular weight is 272 g/mol. The zero-order valence-electron chi connectivity index (χ0n) is 10.9. The van der Waals surface area contributed by atoms with Crippen molar-refractivity contribution < 1.29 is 4.74 Å². The van der Waals surface area contributed by atoms with E-state index in [9.17, 15) is 0 Å². The summed E-state index contributed by atoms with van der Waals surface area (Å²) >= 11 is 5.92. The largest absolute Gasteiger partial charge is 0.372 e. The molecule has 2 heterocycles. The molecule has 6 nitrogen and oxygen atoms in total. The first-order valence-corrected chi connectivity index (χ1v) is 6.52. The van der Waals surface area contributed by atoms with Crippen LogP contribution in [0.5, 0.6) is 0 Å². The fourth-order valence-corrected chi connectivity index (χ4v) is 2.22. The van der Waals surface area contributed by atoms with Crippen LogP contribution < -0.4 is 10.2 Å². The van der Waals surface area contributed by atoms with Crippen LogP contribution in [0.1, 0.15) is 20.8 Å². The van der Waals surface area contributed by atoms with Crippen molar-refractivity contribution in [1.29, 1.82) is 0 Å². The van der Waals surface area contributed by atoms with Crippen molar-refractivity contribution in [2.75, 3.05) is 29.9 Å². The fourth-order valence-electron chi connectivity index (χ4n) is 2.06. The Bertz CT molecular complexity index is 406. The highest BCUT2D eigenvalue weighted by molar-refractivity contribution is 6.28. The van der Waals surface area contributed by atoms with E-state index in [0.717, 1.165) is 19.6 Å². The number of morpholine rings is 1. The van der Waals surface area contributed by atoms with Gasteiger partial charge in [-0.2, -0.15) is 15.0 Å². The molecular weight excluding hydrogens is 254 g/mol. The molecule has 18 heavy (non-hydrogen) atoms. The van der Waals surface area contributed by atoms with Crippen LogP contribution in [0.25, 0.3) is 0 Å². The number of nitrogens with zero attached hydrogens (tertiary/aromatic N) is 4. The van der Waals surface area contributed by atoms with Gasteiger partial charge in [-0.15, -0.1) is 0 Å². The molecule has 0 aromatic carbocycles. The van der Waals surface area contributed by atoms with E-state index >= 15 is 0 Å². The van der Waals surface area contributed by atoms with E-state index in [1.807, 2.05) is 20.8 Å². The van der Waals surface area contributed by atoms with Gasteiger partial charge in [0, 0.05) is 19.6 Å². The second kappa shape index (κ2) is 5.67. The molecule has 2 atom stereocenters. The van der Waals surface area contributed by atoms with Gasteiger partial charge in [0.05, 0.1) is 12.2 Å².